The fourth-order valence-electron chi connectivity index (χ4n) is 2.82. The topological polar surface area (TPSA) is 78.0 Å². The number of nitriles is 1. The molecular formula is C16H15ClF2N6O. The van der Waals surface area contributed by atoms with E-state index in [2.05, 4.69) is 15.0 Å². The summed E-state index contributed by atoms with van der Waals surface area (Å²) in [6, 6.07) is 5.56. The first-order chi connectivity index (χ1) is 12.5. The van der Waals surface area contributed by atoms with Crippen LogP contribution in [0.5, 0.6) is 0 Å². The number of halogens is 3. The van der Waals surface area contributed by atoms with Gasteiger partial charge in [0.1, 0.15) is 23.3 Å². The number of hydrogen-bond donors (Lipinski definition) is 0. The van der Waals surface area contributed by atoms with E-state index in [0.717, 1.165) is 5.69 Å². The van der Waals surface area contributed by atoms with Crippen molar-refractivity contribution >= 4 is 23.0 Å². The van der Waals surface area contributed by atoms with E-state index in [1.54, 1.807) is 12.3 Å². The second kappa shape index (κ2) is 7.66. The molecule has 0 aliphatic carbocycles. The Hall–Kier alpha value is -2.73. The summed E-state index contributed by atoms with van der Waals surface area (Å²) in [5.41, 5.74) is 0.960. The molecule has 1 saturated heterocycles. The highest BCUT2D eigenvalue weighted by Crippen LogP contribution is 2.24. The van der Waals surface area contributed by atoms with Crippen LogP contribution in [-0.4, -0.2) is 47.4 Å². The monoisotopic (exact) mass is 380 g/mol. The van der Waals surface area contributed by atoms with Gasteiger partial charge in [0.05, 0.1) is 11.9 Å². The minimum atomic E-state index is -2.68. The Morgan fingerprint density at radius 1 is 1.27 bits per heavy atom. The highest BCUT2D eigenvalue weighted by Gasteiger charge is 2.22. The van der Waals surface area contributed by atoms with Crippen molar-refractivity contribution in [2.45, 2.75) is 13.0 Å². The van der Waals surface area contributed by atoms with Gasteiger partial charge in [-0.15, -0.1) is 0 Å². The van der Waals surface area contributed by atoms with Gasteiger partial charge in [0.2, 0.25) is 0 Å². The number of rotatable bonds is 4. The Morgan fingerprint density at radius 3 is 2.62 bits per heavy atom. The van der Waals surface area contributed by atoms with Crippen LogP contribution in [0.15, 0.2) is 29.3 Å². The predicted octanol–water partition coefficient (Wildman–Crippen LogP) is 1.76. The molecule has 3 rings (SSSR count). The normalized spacial score (nSPS) is 14.6. The molecule has 0 atom stereocenters. The zero-order valence-corrected chi connectivity index (χ0v) is 14.4. The molecule has 10 heteroatoms. The second-order valence-corrected chi connectivity index (χ2v) is 6.09. The lowest BCUT2D eigenvalue weighted by atomic mass is 10.2. The summed E-state index contributed by atoms with van der Waals surface area (Å²) in [6.07, 6.45) is 0.260. The minimum Gasteiger partial charge on any atom is -0.368 e. The van der Waals surface area contributed by atoms with Crippen molar-refractivity contribution in [3.63, 3.8) is 0 Å². The van der Waals surface area contributed by atoms with Crippen molar-refractivity contribution in [3.05, 3.63) is 45.6 Å². The summed E-state index contributed by atoms with van der Waals surface area (Å²) in [7, 11) is 0. The highest BCUT2D eigenvalue weighted by molar-refractivity contribution is 6.33. The maximum absolute atomic E-state index is 12.5. The summed E-state index contributed by atoms with van der Waals surface area (Å²) < 4.78 is 25.6. The Balaban J connectivity index is 1.73. The first-order valence-corrected chi connectivity index (χ1v) is 8.27. The van der Waals surface area contributed by atoms with Gasteiger partial charge in [-0.3, -0.25) is 4.79 Å². The van der Waals surface area contributed by atoms with Gasteiger partial charge in [-0.25, -0.2) is 18.4 Å². The molecule has 0 bridgehead atoms. The van der Waals surface area contributed by atoms with Crippen LogP contribution >= 0.6 is 11.6 Å². The fraction of sp³-hybridized carbons (Fsp3) is 0.375. The van der Waals surface area contributed by atoms with Crippen molar-refractivity contribution in [3.8, 4) is 6.07 Å². The average molecular weight is 381 g/mol. The summed E-state index contributed by atoms with van der Waals surface area (Å²) in [5.74, 6) is 0. The molecule has 136 valence electrons. The van der Waals surface area contributed by atoms with E-state index in [1.807, 2.05) is 17.0 Å². The summed E-state index contributed by atoms with van der Waals surface area (Å²) >= 11 is 6.09. The Morgan fingerprint density at radius 2 is 1.96 bits per heavy atom. The average Bonchev–Trinajstić information content (AvgIpc) is 2.65. The van der Waals surface area contributed by atoms with Gasteiger partial charge in [-0.1, -0.05) is 11.6 Å². The summed E-state index contributed by atoms with van der Waals surface area (Å²) in [4.78, 5) is 20.0. The van der Waals surface area contributed by atoms with E-state index in [0.29, 0.717) is 42.2 Å². The highest BCUT2D eigenvalue weighted by atomic mass is 35.5. The Kier molecular flexibility index (Phi) is 5.32. The number of pyridine rings is 1. The zero-order chi connectivity index (χ0) is 18.7. The van der Waals surface area contributed by atoms with Crippen molar-refractivity contribution in [2.24, 2.45) is 0 Å². The van der Waals surface area contributed by atoms with Crippen LogP contribution in [0.3, 0.4) is 0 Å². The van der Waals surface area contributed by atoms with Crippen molar-refractivity contribution in [2.75, 3.05) is 36.0 Å². The lowest BCUT2D eigenvalue weighted by molar-refractivity contribution is 0.119. The maximum Gasteiger partial charge on any atom is 0.287 e. The molecule has 2 aromatic heterocycles. The molecule has 1 aliphatic heterocycles. The van der Waals surface area contributed by atoms with Crippen LogP contribution in [0.1, 0.15) is 5.69 Å². The van der Waals surface area contributed by atoms with E-state index < -0.39 is 18.5 Å². The van der Waals surface area contributed by atoms with E-state index in [-0.39, 0.29) is 5.02 Å². The van der Waals surface area contributed by atoms with E-state index in [1.165, 1.54) is 6.20 Å². The van der Waals surface area contributed by atoms with Gasteiger partial charge in [-0.05, 0) is 12.1 Å². The third kappa shape index (κ3) is 3.75. The van der Waals surface area contributed by atoms with Crippen LogP contribution in [0.2, 0.25) is 5.02 Å². The Bertz CT molecular complexity index is 889. The molecule has 0 amide bonds. The largest absolute Gasteiger partial charge is 0.368 e. The SMILES string of the molecule is N#Cc1cc(N2CCN(c3cnn(CC(F)F)c(=O)c3Cl)CC2)ccn1. The summed E-state index contributed by atoms with van der Waals surface area (Å²) in [6.45, 7) is 1.65. The molecule has 7 nitrogen and oxygen atoms in total. The zero-order valence-electron chi connectivity index (χ0n) is 13.6. The van der Waals surface area contributed by atoms with E-state index in [4.69, 9.17) is 16.9 Å². The molecule has 2 aromatic rings. The van der Waals surface area contributed by atoms with Gasteiger partial charge in [-0.2, -0.15) is 10.4 Å². The van der Waals surface area contributed by atoms with Crippen LogP contribution < -0.4 is 15.4 Å². The van der Waals surface area contributed by atoms with E-state index in [9.17, 15) is 13.6 Å². The van der Waals surface area contributed by atoms with Crippen LogP contribution in [0.4, 0.5) is 20.2 Å². The molecular weight excluding hydrogens is 366 g/mol. The minimum absolute atomic E-state index is 0.107. The van der Waals surface area contributed by atoms with Gasteiger partial charge in [0.25, 0.3) is 12.0 Å². The standard InChI is InChI=1S/C16H15ClF2N6O/c17-15-13(9-22-25(16(15)26)10-14(18)19)24-5-3-23(4-6-24)12-1-2-21-11(7-12)8-20/h1-2,7,9,14H,3-6,10H2. The first kappa shape index (κ1) is 18.1. The van der Waals surface area contributed by atoms with Crippen LogP contribution in [0.25, 0.3) is 0 Å². The van der Waals surface area contributed by atoms with Crippen molar-refractivity contribution in [1.82, 2.24) is 14.8 Å². The van der Waals surface area contributed by atoms with Gasteiger partial charge < -0.3 is 9.80 Å². The number of hydrogen-bond acceptors (Lipinski definition) is 6. The van der Waals surface area contributed by atoms with Crippen molar-refractivity contribution in [1.29, 1.82) is 5.26 Å². The number of nitrogens with zero attached hydrogens (tertiary/aromatic N) is 6. The number of aromatic nitrogens is 3. The molecule has 0 unspecified atom stereocenters. The lowest BCUT2D eigenvalue weighted by Crippen LogP contribution is -2.47. The lowest BCUT2D eigenvalue weighted by Gasteiger charge is -2.37. The number of alkyl halides is 2. The number of anilines is 2. The molecule has 0 aromatic carbocycles. The smallest absolute Gasteiger partial charge is 0.287 e. The first-order valence-electron chi connectivity index (χ1n) is 7.89. The molecule has 0 spiro atoms. The molecule has 3 heterocycles. The molecule has 0 N–H and O–H groups in total. The molecule has 0 saturated carbocycles. The Labute approximate surface area is 153 Å². The van der Waals surface area contributed by atoms with Gasteiger partial charge in [0, 0.05) is 38.1 Å². The van der Waals surface area contributed by atoms with Crippen LogP contribution in [0, 0.1) is 11.3 Å². The van der Waals surface area contributed by atoms with Crippen LogP contribution in [-0.2, 0) is 6.54 Å². The molecule has 1 fully saturated rings. The molecule has 1 aliphatic rings. The van der Waals surface area contributed by atoms with Gasteiger partial charge in [0.15, 0.2) is 0 Å². The van der Waals surface area contributed by atoms with E-state index >= 15 is 0 Å². The predicted molar refractivity (Wildman–Crippen MR) is 92.9 cm³/mol. The fourth-order valence-corrected chi connectivity index (χ4v) is 3.09. The second-order valence-electron chi connectivity index (χ2n) is 5.71. The summed E-state index contributed by atoms with van der Waals surface area (Å²) in [5, 5.41) is 12.6. The maximum atomic E-state index is 12.5. The van der Waals surface area contributed by atoms with Crippen molar-refractivity contribution < 1.29 is 8.78 Å². The molecule has 0 radical (unpaired) electrons. The third-order valence-electron chi connectivity index (χ3n) is 4.12. The quantitative estimate of drug-likeness (QED) is 0.804. The van der Waals surface area contributed by atoms with Gasteiger partial charge >= 0.3 is 0 Å². The third-order valence-corrected chi connectivity index (χ3v) is 4.48. The molecule has 26 heavy (non-hydrogen) atoms. The number of piperazine rings is 1.